The molecule has 27 heavy (non-hydrogen) atoms. The SMILES string of the molecule is CC=CCC(O)CCC(O)CCCCCCCCCCCCCCC(=O)O. The predicted molar refractivity (Wildman–Crippen MR) is 113 cm³/mol. The van der Waals surface area contributed by atoms with Crippen LogP contribution in [0.3, 0.4) is 0 Å². The lowest BCUT2D eigenvalue weighted by atomic mass is 10.0. The summed E-state index contributed by atoms with van der Waals surface area (Å²) in [6.07, 6.45) is 20.9. The Morgan fingerprint density at radius 1 is 0.704 bits per heavy atom. The van der Waals surface area contributed by atoms with Crippen LogP contribution in [0.5, 0.6) is 0 Å². The van der Waals surface area contributed by atoms with Crippen LogP contribution in [0.4, 0.5) is 0 Å². The van der Waals surface area contributed by atoms with Crippen molar-refractivity contribution in [3.05, 3.63) is 12.2 Å². The molecule has 0 saturated heterocycles. The van der Waals surface area contributed by atoms with Gasteiger partial charge in [0, 0.05) is 6.42 Å². The first-order chi connectivity index (χ1) is 13.1. The first kappa shape index (κ1) is 26.1. The molecule has 3 N–H and O–H groups in total. The van der Waals surface area contributed by atoms with E-state index in [4.69, 9.17) is 5.11 Å². The lowest BCUT2D eigenvalue weighted by molar-refractivity contribution is -0.137. The first-order valence-electron chi connectivity index (χ1n) is 11.2. The van der Waals surface area contributed by atoms with Gasteiger partial charge in [0.05, 0.1) is 12.2 Å². The van der Waals surface area contributed by atoms with E-state index < -0.39 is 5.97 Å². The van der Waals surface area contributed by atoms with Gasteiger partial charge in [-0.05, 0) is 39.0 Å². The summed E-state index contributed by atoms with van der Waals surface area (Å²) >= 11 is 0. The summed E-state index contributed by atoms with van der Waals surface area (Å²) in [4.78, 5) is 10.4. The summed E-state index contributed by atoms with van der Waals surface area (Å²) < 4.78 is 0. The monoisotopic (exact) mass is 384 g/mol. The number of rotatable bonds is 20. The highest BCUT2D eigenvalue weighted by Gasteiger charge is 2.08. The summed E-state index contributed by atoms with van der Waals surface area (Å²) in [5.74, 6) is -0.677. The first-order valence-corrected chi connectivity index (χ1v) is 11.2. The van der Waals surface area contributed by atoms with Crippen LogP contribution in [0.1, 0.15) is 116 Å². The van der Waals surface area contributed by atoms with Gasteiger partial charge in [0.25, 0.3) is 0 Å². The van der Waals surface area contributed by atoms with Gasteiger partial charge in [-0.3, -0.25) is 4.79 Å². The lowest BCUT2D eigenvalue weighted by Gasteiger charge is -2.13. The van der Waals surface area contributed by atoms with Gasteiger partial charge in [-0.15, -0.1) is 0 Å². The summed E-state index contributed by atoms with van der Waals surface area (Å²) in [6, 6.07) is 0. The van der Waals surface area contributed by atoms with Crippen LogP contribution in [0, 0.1) is 0 Å². The Morgan fingerprint density at radius 2 is 1.15 bits per heavy atom. The smallest absolute Gasteiger partial charge is 0.303 e. The molecule has 0 aromatic carbocycles. The third kappa shape index (κ3) is 21.3. The predicted octanol–water partition coefficient (Wildman–Crippen LogP) is 6.00. The summed E-state index contributed by atoms with van der Waals surface area (Å²) in [7, 11) is 0. The lowest BCUT2D eigenvalue weighted by Crippen LogP contribution is -2.12. The molecule has 0 spiro atoms. The Morgan fingerprint density at radius 3 is 1.63 bits per heavy atom. The molecule has 2 atom stereocenters. The Hall–Kier alpha value is -0.870. The second-order valence-electron chi connectivity index (χ2n) is 7.86. The maximum atomic E-state index is 10.4. The third-order valence-corrected chi connectivity index (χ3v) is 5.15. The number of aliphatic carboxylic acids is 1. The van der Waals surface area contributed by atoms with Gasteiger partial charge in [0.2, 0.25) is 0 Å². The summed E-state index contributed by atoms with van der Waals surface area (Å²) in [5.41, 5.74) is 0. The highest BCUT2D eigenvalue weighted by atomic mass is 16.4. The molecule has 0 aliphatic heterocycles. The molecular weight excluding hydrogens is 340 g/mol. The van der Waals surface area contributed by atoms with Gasteiger partial charge in [-0.1, -0.05) is 82.8 Å². The molecule has 0 heterocycles. The van der Waals surface area contributed by atoms with Crippen LogP contribution in [-0.4, -0.2) is 33.5 Å². The van der Waals surface area contributed by atoms with Crippen molar-refractivity contribution in [1.82, 2.24) is 0 Å². The van der Waals surface area contributed by atoms with Crippen molar-refractivity contribution in [2.45, 2.75) is 128 Å². The van der Waals surface area contributed by atoms with E-state index in [0.717, 1.165) is 25.7 Å². The Bertz CT molecular complexity index is 354. The van der Waals surface area contributed by atoms with Crippen LogP contribution in [0.2, 0.25) is 0 Å². The van der Waals surface area contributed by atoms with Crippen LogP contribution >= 0.6 is 0 Å². The molecule has 4 nitrogen and oxygen atoms in total. The molecule has 0 bridgehead atoms. The van der Waals surface area contributed by atoms with Crippen molar-refractivity contribution < 1.29 is 20.1 Å². The largest absolute Gasteiger partial charge is 0.481 e. The number of carbonyl (C=O) groups is 1. The van der Waals surface area contributed by atoms with Gasteiger partial charge >= 0.3 is 5.97 Å². The highest BCUT2D eigenvalue weighted by Crippen LogP contribution is 2.15. The topological polar surface area (TPSA) is 77.8 Å². The molecule has 2 unspecified atom stereocenters. The number of unbranched alkanes of at least 4 members (excludes halogenated alkanes) is 11. The van der Waals surface area contributed by atoms with Crippen LogP contribution in [-0.2, 0) is 4.79 Å². The van der Waals surface area contributed by atoms with E-state index in [-0.39, 0.29) is 12.2 Å². The zero-order valence-corrected chi connectivity index (χ0v) is 17.6. The van der Waals surface area contributed by atoms with E-state index in [1.165, 1.54) is 57.8 Å². The highest BCUT2D eigenvalue weighted by molar-refractivity contribution is 5.66. The van der Waals surface area contributed by atoms with E-state index in [2.05, 4.69) is 0 Å². The van der Waals surface area contributed by atoms with Crippen molar-refractivity contribution in [3.8, 4) is 0 Å². The quantitative estimate of drug-likeness (QED) is 0.178. The van der Waals surface area contributed by atoms with E-state index >= 15 is 0 Å². The van der Waals surface area contributed by atoms with Crippen LogP contribution in [0.15, 0.2) is 12.2 Å². The Labute approximate surface area is 167 Å². The van der Waals surface area contributed by atoms with E-state index in [1.54, 1.807) is 0 Å². The molecule has 4 heteroatoms. The maximum absolute atomic E-state index is 10.4. The summed E-state index contributed by atoms with van der Waals surface area (Å²) in [6.45, 7) is 1.95. The molecule has 160 valence electrons. The molecule has 0 aromatic rings. The number of hydrogen-bond donors (Lipinski definition) is 3. The number of aliphatic hydroxyl groups excluding tert-OH is 2. The number of allylic oxidation sites excluding steroid dienone is 1. The van der Waals surface area contributed by atoms with Gasteiger partial charge in [-0.25, -0.2) is 0 Å². The molecule has 0 rings (SSSR count). The zero-order valence-electron chi connectivity index (χ0n) is 17.6. The molecule has 0 aliphatic rings. The minimum absolute atomic E-state index is 0.263. The molecule has 0 saturated carbocycles. The van der Waals surface area contributed by atoms with Crippen LogP contribution in [0.25, 0.3) is 0 Å². The minimum atomic E-state index is -0.677. The van der Waals surface area contributed by atoms with Gasteiger partial charge in [-0.2, -0.15) is 0 Å². The maximum Gasteiger partial charge on any atom is 0.303 e. The third-order valence-electron chi connectivity index (χ3n) is 5.15. The fraction of sp³-hybridized carbons (Fsp3) is 0.870. The molecule has 0 aromatic heterocycles. The van der Waals surface area contributed by atoms with Crippen LogP contribution < -0.4 is 0 Å². The summed E-state index contributed by atoms with van der Waals surface area (Å²) in [5, 5.41) is 28.3. The van der Waals surface area contributed by atoms with Gasteiger partial charge in [0.1, 0.15) is 0 Å². The van der Waals surface area contributed by atoms with Crippen molar-refractivity contribution in [2.75, 3.05) is 0 Å². The van der Waals surface area contributed by atoms with Gasteiger partial charge in [0.15, 0.2) is 0 Å². The number of hydrogen-bond acceptors (Lipinski definition) is 3. The second kappa shape index (κ2) is 19.9. The normalized spacial score (nSPS) is 13.9. The molecule has 0 radical (unpaired) electrons. The molecular formula is C23H44O4. The van der Waals surface area contributed by atoms with Crippen molar-refractivity contribution in [1.29, 1.82) is 0 Å². The van der Waals surface area contributed by atoms with Crippen molar-refractivity contribution >= 4 is 5.97 Å². The molecule has 0 amide bonds. The number of aliphatic hydroxyl groups is 2. The Kier molecular flexibility index (Phi) is 19.2. The average Bonchev–Trinajstić information content (AvgIpc) is 2.64. The fourth-order valence-corrected chi connectivity index (χ4v) is 3.36. The molecule has 0 fully saturated rings. The van der Waals surface area contributed by atoms with Gasteiger partial charge < -0.3 is 15.3 Å². The number of carboxylic acids is 1. The minimum Gasteiger partial charge on any atom is -0.481 e. The average molecular weight is 385 g/mol. The second-order valence-corrected chi connectivity index (χ2v) is 7.86. The Balaban J connectivity index is 3.23. The van der Waals surface area contributed by atoms with E-state index in [9.17, 15) is 15.0 Å². The van der Waals surface area contributed by atoms with Crippen molar-refractivity contribution in [3.63, 3.8) is 0 Å². The fourth-order valence-electron chi connectivity index (χ4n) is 3.36. The standard InChI is InChI=1S/C23H44O4/c1-2-3-16-21(24)19-20-22(25)17-14-12-10-8-6-4-5-7-9-11-13-15-18-23(26)27/h2-3,21-22,24-25H,4-20H2,1H3,(H,26,27). The zero-order chi connectivity index (χ0) is 20.2. The molecule has 0 aliphatic carbocycles. The van der Waals surface area contributed by atoms with Crippen molar-refractivity contribution in [2.24, 2.45) is 0 Å². The number of carboxylic acid groups (broad SMARTS) is 1. The van der Waals surface area contributed by atoms with E-state index in [0.29, 0.717) is 25.7 Å². The van der Waals surface area contributed by atoms with E-state index in [1.807, 2.05) is 19.1 Å².